The van der Waals surface area contributed by atoms with Crippen molar-refractivity contribution in [3.8, 4) is 21.9 Å². The Morgan fingerprint density at radius 1 is 0.966 bits per heavy atom. The van der Waals surface area contributed by atoms with Crippen LogP contribution in [0.25, 0.3) is 16.5 Å². The number of halogens is 1. The van der Waals surface area contributed by atoms with Crippen molar-refractivity contribution in [3.05, 3.63) is 76.9 Å². The number of benzene rings is 2. The van der Waals surface area contributed by atoms with Gasteiger partial charge in [0.25, 0.3) is 11.8 Å². The summed E-state index contributed by atoms with van der Waals surface area (Å²) < 4.78 is 23.5. The van der Waals surface area contributed by atoms with E-state index in [1.807, 2.05) is 0 Å². The standard InChI is InChI=1S/C21H15FN2O4S/c22-15-5-3-14(4-6-15)18-8-9-19(29-18)21(26)24-23-20(25)10-2-13-1-7-16-17(11-13)28-12-27-16/h1-11H,12H2,(H,23,25)(H,24,26)/b10-2+. The molecule has 0 saturated carbocycles. The minimum absolute atomic E-state index is 0.181. The number of fused-ring (bicyclic) bond motifs is 1. The molecular weight excluding hydrogens is 395 g/mol. The number of thiophene rings is 1. The van der Waals surface area contributed by atoms with E-state index in [4.69, 9.17) is 9.47 Å². The molecule has 2 aromatic carbocycles. The van der Waals surface area contributed by atoms with Crippen LogP contribution >= 0.6 is 11.3 Å². The average molecular weight is 410 g/mol. The van der Waals surface area contributed by atoms with Crippen LogP contribution in [0.5, 0.6) is 11.5 Å². The first kappa shape index (κ1) is 18.7. The Morgan fingerprint density at radius 3 is 2.59 bits per heavy atom. The molecule has 6 nitrogen and oxygen atoms in total. The first-order chi connectivity index (χ1) is 14.1. The maximum Gasteiger partial charge on any atom is 0.279 e. The van der Waals surface area contributed by atoms with Crippen molar-refractivity contribution < 1.29 is 23.5 Å². The lowest BCUT2D eigenvalue weighted by Crippen LogP contribution is -2.40. The first-order valence-electron chi connectivity index (χ1n) is 8.62. The van der Waals surface area contributed by atoms with Gasteiger partial charge in [-0.1, -0.05) is 18.2 Å². The lowest BCUT2D eigenvalue weighted by Gasteiger charge is -2.03. The number of rotatable bonds is 4. The molecule has 1 aliphatic rings. The fourth-order valence-electron chi connectivity index (χ4n) is 2.64. The van der Waals surface area contributed by atoms with Gasteiger partial charge < -0.3 is 9.47 Å². The number of carbonyl (C=O) groups is 2. The third kappa shape index (κ3) is 4.44. The van der Waals surface area contributed by atoms with Crippen LogP contribution in [-0.4, -0.2) is 18.6 Å². The minimum atomic E-state index is -0.480. The van der Waals surface area contributed by atoms with E-state index in [9.17, 15) is 14.0 Å². The molecule has 0 fully saturated rings. The van der Waals surface area contributed by atoms with Crippen LogP contribution in [0.1, 0.15) is 15.2 Å². The second-order valence-corrected chi connectivity index (χ2v) is 7.14. The zero-order valence-electron chi connectivity index (χ0n) is 15.0. The minimum Gasteiger partial charge on any atom is -0.454 e. The van der Waals surface area contributed by atoms with Gasteiger partial charge in [0.2, 0.25) is 6.79 Å². The van der Waals surface area contributed by atoms with Crippen LogP contribution in [0.2, 0.25) is 0 Å². The Bertz CT molecular complexity index is 1090. The molecule has 0 atom stereocenters. The van der Waals surface area contributed by atoms with E-state index >= 15 is 0 Å². The maximum atomic E-state index is 13.0. The van der Waals surface area contributed by atoms with Gasteiger partial charge in [0, 0.05) is 11.0 Å². The fourth-order valence-corrected chi connectivity index (χ4v) is 3.55. The van der Waals surface area contributed by atoms with Gasteiger partial charge in [0.1, 0.15) is 5.82 Å². The number of amides is 2. The summed E-state index contributed by atoms with van der Waals surface area (Å²) in [6.07, 6.45) is 2.90. The topological polar surface area (TPSA) is 76.7 Å². The van der Waals surface area contributed by atoms with Crippen molar-refractivity contribution in [1.82, 2.24) is 10.9 Å². The smallest absolute Gasteiger partial charge is 0.279 e. The van der Waals surface area contributed by atoms with Crippen molar-refractivity contribution >= 4 is 29.2 Å². The van der Waals surface area contributed by atoms with Crippen LogP contribution < -0.4 is 20.3 Å². The van der Waals surface area contributed by atoms with Gasteiger partial charge in [-0.25, -0.2) is 4.39 Å². The highest BCUT2D eigenvalue weighted by Gasteiger charge is 2.13. The summed E-state index contributed by atoms with van der Waals surface area (Å²) in [5, 5.41) is 0. The Kier molecular flexibility index (Phi) is 5.26. The number of hydrazine groups is 1. The average Bonchev–Trinajstić information content (AvgIpc) is 3.40. The van der Waals surface area contributed by atoms with Gasteiger partial charge in [-0.3, -0.25) is 20.4 Å². The molecule has 2 heterocycles. The predicted molar refractivity (Wildman–Crippen MR) is 107 cm³/mol. The van der Waals surface area contributed by atoms with Gasteiger partial charge in [-0.05, 0) is 53.6 Å². The van der Waals surface area contributed by atoms with Crippen molar-refractivity contribution in [2.75, 3.05) is 6.79 Å². The zero-order valence-corrected chi connectivity index (χ0v) is 15.8. The summed E-state index contributed by atoms with van der Waals surface area (Å²) in [6.45, 7) is 0.181. The van der Waals surface area contributed by atoms with E-state index in [1.165, 1.54) is 29.5 Å². The van der Waals surface area contributed by atoms with Crippen molar-refractivity contribution in [2.45, 2.75) is 0 Å². The number of ether oxygens (including phenoxy) is 2. The third-order valence-electron chi connectivity index (χ3n) is 4.08. The third-order valence-corrected chi connectivity index (χ3v) is 5.21. The molecule has 2 N–H and O–H groups in total. The van der Waals surface area contributed by atoms with Gasteiger partial charge >= 0.3 is 0 Å². The summed E-state index contributed by atoms with van der Waals surface area (Å²) in [4.78, 5) is 25.4. The molecule has 146 valence electrons. The predicted octanol–water partition coefficient (Wildman–Crippen LogP) is 3.76. The molecule has 0 saturated heterocycles. The van der Waals surface area contributed by atoms with Gasteiger partial charge in [0.15, 0.2) is 11.5 Å². The second kappa shape index (κ2) is 8.15. The Morgan fingerprint density at radius 2 is 1.76 bits per heavy atom. The Balaban J connectivity index is 1.32. The molecule has 0 spiro atoms. The number of nitrogens with one attached hydrogen (secondary N) is 2. The molecule has 1 aromatic heterocycles. The van der Waals surface area contributed by atoms with Gasteiger partial charge in [-0.15, -0.1) is 11.3 Å². The van der Waals surface area contributed by atoms with Crippen LogP contribution in [0.3, 0.4) is 0 Å². The van der Waals surface area contributed by atoms with Gasteiger partial charge in [0.05, 0.1) is 4.88 Å². The Labute approximate surface area is 169 Å². The van der Waals surface area contributed by atoms with E-state index in [2.05, 4.69) is 10.9 Å². The molecule has 0 radical (unpaired) electrons. The first-order valence-corrected chi connectivity index (χ1v) is 9.44. The largest absolute Gasteiger partial charge is 0.454 e. The van der Waals surface area contributed by atoms with Gasteiger partial charge in [-0.2, -0.15) is 0 Å². The molecular formula is C21H15FN2O4S. The van der Waals surface area contributed by atoms with E-state index in [-0.39, 0.29) is 12.6 Å². The highest BCUT2D eigenvalue weighted by molar-refractivity contribution is 7.17. The highest BCUT2D eigenvalue weighted by Crippen LogP contribution is 2.32. The SMILES string of the molecule is O=C(/C=C/c1ccc2c(c1)OCO2)NNC(=O)c1ccc(-c2ccc(F)cc2)s1. The summed E-state index contributed by atoms with van der Waals surface area (Å²) >= 11 is 1.24. The lowest BCUT2D eigenvalue weighted by atomic mass is 10.2. The number of hydrogen-bond donors (Lipinski definition) is 2. The number of carbonyl (C=O) groups excluding carboxylic acids is 2. The molecule has 2 amide bonds. The van der Waals surface area contributed by atoms with Crippen LogP contribution in [0.4, 0.5) is 4.39 Å². The van der Waals surface area contributed by atoms with Crippen molar-refractivity contribution in [1.29, 1.82) is 0 Å². The number of hydrogen-bond acceptors (Lipinski definition) is 5. The van der Waals surface area contributed by atoms with Crippen LogP contribution in [0.15, 0.2) is 60.7 Å². The highest BCUT2D eigenvalue weighted by atomic mass is 32.1. The zero-order chi connectivity index (χ0) is 20.2. The summed E-state index contributed by atoms with van der Waals surface area (Å²) in [7, 11) is 0. The van der Waals surface area contributed by atoms with Crippen molar-refractivity contribution in [3.63, 3.8) is 0 Å². The second-order valence-electron chi connectivity index (χ2n) is 6.06. The lowest BCUT2D eigenvalue weighted by molar-refractivity contribution is -0.117. The molecule has 29 heavy (non-hydrogen) atoms. The molecule has 3 aromatic rings. The molecule has 0 unspecified atom stereocenters. The van der Waals surface area contributed by atoms with E-state index < -0.39 is 11.8 Å². The molecule has 1 aliphatic heterocycles. The fraction of sp³-hybridized carbons (Fsp3) is 0.0476. The van der Waals surface area contributed by atoms with E-state index in [0.29, 0.717) is 16.4 Å². The van der Waals surface area contributed by atoms with E-state index in [1.54, 1.807) is 48.5 Å². The molecule has 4 rings (SSSR count). The maximum absolute atomic E-state index is 13.0. The molecule has 0 aliphatic carbocycles. The van der Waals surface area contributed by atoms with Crippen molar-refractivity contribution in [2.24, 2.45) is 0 Å². The summed E-state index contributed by atoms with van der Waals surface area (Å²) in [5.74, 6) is 0.0460. The Hall–Kier alpha value is -3.65. The van der Waals surface area contributed by atoms with Crippen LogP contribution in [-0.2, 0) is 4.79 Å². The van der Waals surface area contributed by atoms with E-state index in [0.717, 1.165) is 16.0 Å². The molecule has 0 bridgehead atoms. The quantitative estimate of drug-likeness (QED) is 0.507. The summed E-state index contributed by atoms with van der Waals surface area (Å²) in [5.41, 5.74) is 6.28. The summed E-state index contributed by atoms with van der Waals surface area (Å²) in [6, 6.07) is 14.7. The monoisotopic (exact) mass is 410 g/mol. The normalized spacial score (nSPS) is 12.2. The molecule has 8 heteroatoms. The van der Waals surface area contributed by atoms with Crippen LogP contribution in [0, 0.1) is 5.82 Å².